The Bertz CT molecular complexity index is 458. The number of benzene rings is 1. The van der Waals surface area contributed by atoms with Gasteiger partial charge in [0.2, 0.25) is 5.91 Å². The Balaban J connectivity index is 0.00000106. The van der Waals surface area contributed by atoms with Crippen LogP contribution in [0.2, 0.25) is 0 Å². The van der Waals surface area contributed by atoms with E-state index in [2.05, 4.69) is 13.2 Å². The maximum absolute atomic E-state index is 11.5. The number of nitrogens with two attached hydrogens (primary N) is 1. The van der Waals surface area contributed by atoms with Crippen molar-refractivity contribution < 1.29 is 14.3 Å². The van der Waals surface area contributed by atoms with Crippen molar-refractivity contribution in [1.82, 2.24) is 0 Å². The molecule has 2 unspecified atom stereocenters. The first-order chi connectivity index (χ1) is 10.2. The van der Waals surface area contributed by atoms with Crippen molar-refractivity contribution in [2.75, 3.05) is 0 Å². The standard InChI is InChI=1S/C15H19NO3.C2H4/c16-13(17)10-6-2-5-9-12-14(19-15(12)18)11-7-3-1-4-8-11;1-2/h1,3-4,7-8,12,14H,2,5-6,9-10H2,(H2,16,17);1-2H2. The van der Waals surface area contributed by atoms with Crippen molar-refractivity contribution in [1.29, 1.82) is 0 Å². The second-order valence-corrected chi connectivity index (χ2v) is 4.94. The summed E-state index contributed by atoms with van der Waals surface area (Å²) in [6.07, 6.45) is 3.80. The molecule has 0 aliphatic carbocycles. The van der Waals surface area contributed by atoms with Crippen molar-refractivity contribution in [3.63, 3.8) is 0 Å². The van der Waals surface area contributed by atoms with Gasteiger partial charge in [-0.3, -0.25) is 9.59 Å². The summed E-state index contributed by atoms with van der Waals surface area (Å²) in [6, 6.07) is 9.81. The minimum absolute atomic E-state index is 0.0315. The van der Waals surface area contributed by atoms with Crippen LogP contribution in [0.3, 0.4) is 0 Å². The van der Waals surface area contributed by atoms with Crippen LogP contribution in [0.4, 0.5) is 0 Å². The second kappa shape index (κ2) is 8.95. The molecule has 4 nitrogen and oxygen atoms in total. The first-order valence-electron chi connectivity index (χ1n) is 7.22. The van der Waals surface area contributed by atoms with Gasteiger partial charge in [-0.1, -0.05) is 43.2 Å². The second-order valence-electron chi connectivity index (χ2n) is 4.94. The molecular formula is C17H23NO3. The number of rotatable bonds is 7. The normalized spacial score (nSPS) is 19.7. The lowest BCUT2D eigenvalue weighted by Crippen LogP contribution is -2.38. The molecule has 1 aliphatic heterocycles. The van der Waals surface area contributed by atoms with Gasteiger partial charge in [-0.05, 0) is 18.4 Å². The van der Waals surface area contributed by atoms with Gasteiger partial charge in [0.1, 0.15) is 6.10 Å². The molecule has 2 N–H and O–H groups in total. The minimum atomic E-state index is -0.259. The van der Waals surface area contributed by atoms with Gasteiger partial charge in [0.25, 0.3) is 0 Å². The fraction of sp³-hybridized carbons (Fsp3) is 0.412. The molecule has 2 rings (SSSR count). The van der Waals surface area contributed by atoms with Gasteiger partial charge in [-0.25, -0.2) is 0 Å². The summed E-state index contributed by atoms with van der Waals surface area (Å²) in [4.78, 5) is 22.1. The van der Waals surface area contributed by atoms with Crippen LogP contribution in [0.15, 0.2) is 43.5 Å². The average Bonchev–Trinajstić information content (AvgIpc) is 2.50. The fourth-order valence-electron chi connectivity index (χ4n) is 2.40. The van der Waals surface area contributed by atoms with Crippen LogP contribution in [0.25, 0.3) is 0 Å². The fourth-order valence-corrected chi connectivity index (χ4v) is 2.40. The molecule has 0 saturated carbocycles. The molecule has 1 aromatic rings. The number of hydrogen-bond acceptors (Lipinski definition) is 3. The number of cyclic esters (lactones) is 1. The Morgan fingerprint density at radius 2 is 1.81 bits per heavy atom. The lowest BCUT2D eigenvalue weighted by molar-refractivity contribution is -0.186. The predicted molar refractivity (Wildman–Crippen MR) is 82.3 cm³/mol. The molecule has 21 heavy (non-hydrogen) atoms. The Hall–Kier alpha value is -2.10. The summed E-state index contributed by atoms with van der Waals surface area (Å²) >= 11 is 0. The van der Waals surface area contributed by atoms with E-state index < -0.39 is 0 Å². The largest absolute Gasteiger partial charge is 0.456 e. The number of carbonyl (C=O) groups is 2. The molecule has 0 aromatic heterocycles. The van der Waals surface area contributed by atoms with Crippen LogP contribution >= 0.6 is 0 Å². The van der Waals surface area contributed by atoms with Crippen molar-refractivity contribution in [2.45, 2.75) is 38.2 Å². The zero-order valence-corrected chi connectivity index (χ0v) is 12.3. The number of unbranched alkanes of at least 4 members (excludes halogenated alkanes) is 2. The molecular weight excluding hydrogens is 266 g/mol. The Kier molecular flexibility index (Phi) is 7.23. The highest BCUT2D eigenvalue weighted by atomic mass is 16.6. The van der Waals surface area contributed by atoms with E-state index in [1.165, 1.54) is 0 Å². The summed E-state index contributed by atoms with van der Waals surface area (Å²) in [5.41, 5.74) is 6.14. The van der Waals surface area contributed by atoms with Gasteiger partial charge in [-0.2, -0.15) is 0 Å². The third-order valence-corrected chi connectivity index (χ3v) is 3.48. The Morgan fingerprint density at radius 1 is 1.14 bits per heavy atom. The molecule has 4 heteroatoms. The smallest absolute Gasteiger partial charge is 0.313 e. The molecule has 114 valence electrons. The molecule has 1 saturated heterocycles. The lowest BCUT2D eigenvalue weighted by atomic mass is 9.86. The van der Waals surface area contributed by atoms with Gasteiger partial charge in [0.15, 0.2) is 0 Å². The van der Waals surface area contributed by atoms with Gasteiger partial charge < -0.3 is 10.5 Å². The maximum atomic E-state index is 11.5. The number of hydrogen-bond donors (Lipinski definition) is 1. The molecule has 1 aromatic carbocycles. The predicted octanol–water partition coefficient (Wildman–Crippen LogP) is 3.14. The van der Waals surface area contributed by atoms with Crippen LogP contribution in [0.1, 0.15) is 43.8 Å². The number of primary amides is 1. The molecule has 2 atom stereocenters. The average molecular weight is 289 g/mol. The molecule has 1 heterocycles. The lowest BCUT2D eigenvalue weighted by Gasteiger charge is -2.35. The zero-order valence-electron chi connectivity index (χ0n) is 12.3. The maximum Gasteiger partial charge on any atom is 0.313 e. The van der Waals surface area contributed by atoms with Crippen molar-refractivity contribution in [3.8, 4) is 0 Å². The minimum Gasteiger partial charge on any atom is -0.456 e. The first kappa shape index (κ1) is 17.0. The molecule has 0 radical (unpaired) electrons. The Labute approximate surface area is 126 Å². The van der Waals surface area contributed by atoms with Crippen molar-refractivity contribution >= 4 is 11.9 Å². The highest BCUT2D eigenvalue weighted by molar-refractivity contribution is 5.79. The van der Waals surface area contributed by atoms with E-state index in [1.54, 1.807) is 0 Å². The molecule has 1 aliphatic rings. The monoisotopic (exact) mass is 289 g/mol. The first-order valence-corrected chi connectivity index (χ1v) is 7.22. The zero-order chi connectivity index (χ0) is 15.7. The van der Waals surface area contributed by atoms with E-state index in [-0.39, 0.29) is 23.9 Å². The Morgan fingerprint density at radius 3 is 2.38 bits per heavy atom. The number of esters is 1. The van der Waals surface area contributed by atoms with E-state index >= 15 is 0 Å². The molecule has 0 bridgehead atoms. The third kappa shape index (κ3) is 5.06. The summed E-state index contributed by atoms with van der Waals surface area (Å²) in [7, 11) is 0. The van der Waals surface area contributed by atoms with E-state index in [0.717, 1.165) is 31.2 Å². The molecule has 0 spiro atoms. The summed E-state index contributed by atoms with van der Waals surface area (Å²) in [5, 5.41) is 0. The quantitative estimate of drug-likeness (QED) is 0.476. The van der Waals surface area contributed by atoms with Crippen LogP contribution in [-0.4, -0.2) is 11.9 Å². The van der Waals surface area contributed by atoms with Crippen LogP contribution in [0, 0.1) is 5.92 Å². The van der Waals surface area contributed by atoms with Crippen molar-refractivity contribution in [3.05, 3.63) is 49.1 Å². The van der Waals surface area contributed by atoms with Crippen LogP contribution < -0.4 is 5.73 Å². The van der Waals surface area contributed by atoms with E-state index in [9.17, 15) is 9.59 Å². The van der Waals surface area contributed by atoms with Crippen molar-refractivity contribution in [2.24, 2.45) is 11.7 Å². The highest BCUT2D eigenvalue weighted by Gasteiger charge is 2.42. The van der Waals surface area contributed by atoms with Crippen LogP contribution in [0.5, 0.6) is 0 Å². The molecule has 1 fully saturated rings. The van der Waals surface area contributed by atoms with Gasteiger partial charge in [0.05, 0.1) is 5.92 Å². The van der Waals surface area contributed by atoms with E-state index in [4.69, 9.17) is 10.5 Å². The summed E-state index contributed by atoms with van der Waals surface area (Å²) in [6.45, 7) is 6.00. The molecule has 1 amide bonds. The number of amides is 1. The van der Waals surface area contributed by atoms with Gasteiger partial charge in [-0.15, -0.1) is 13.2 Å². The number of carbonyl (C=O) groups excluding carboxylic acids is 2. The van der Waals surface area contributed by atoms with Gasteiger partial charge >= 0.3 is 5.97 Å². The van der Waals surface area contributed by atoms with E-state index in [0.29, 0.717) is 6.42 Å². The SMILES string of the molecule is C=C.NC(=O)CCCCCC1C(=O)OC1c1ccccc1. The van der Waals surface area contributed by atoms with Crippen LogP contribution in [-0.2, 0) is 14.3 Å². The summed E-state index contributed by atoms with van der Waals surface area (Å²) in [5.74, 6) is -0.398. The highest BCUT2D eigenvalue weighted by Crippen LogP contribution is 2.39. The third-order valence-electron chi connectivity index (χ3n) is 3.48. The van der Waals surface area contributed by atoms with E-state index in [1.807, 2.05) is 30.3 Å². The van der Waals surface area contributed by atoms with Gasteiger partial charge in [0, 0.05) is 6.42 Å². The number of ether oxygens (including phenoxy) is 1. The summed E-state index contributed by atoms with van der Waals surface area (Å²) < 4.78 is 5.22. The topological polar surface area (TPSA) is 69.4 Å².